The lowest BCUT2D eigenvalue weighted by Gasteiger charge is -2.21. The van der Waals surface area contributed by atoms with Crippen LogP contribution in [0.3, 0.4) is 0 Å². The molecule has 106 valence electrons. The van der Waals surface area contributed by atoms with Crippen molar-refractivity contribution < 1.29 is 9.59 Å². The van der Waals surface area contributed by atoms with Gasteiger partial charge in [-0.05, 0) is 12.5 Å². The Labute approximate surface area is 117 Å². The number of nitrogens with one attached hydrogen (secondary N) is 2. The zero-order valence-electron chi connectivity index (χ0n) is 10.9. The van der Waals surface area contributed by atoms with Gasteiger partial charge in [-0.2, -0.15) is 0 Å². The van der Waals surface area contributed by atoms with Gasteiger partial charge in [-0.3, -0.25) is 14.5 Å². The first kappa shape index (κ1) is 17.6. The summed E-state index contributed by atoms with van der Waals surface area (Å²) in [4.78, 5) is 24.2. The molecule has 0 unspecified atom stereocenters. The van der Waals surface area contributed by atoms with Crippen molar-refractivity contribution in [2.24, 2.45) is 5.73 Å². The zero-order chi connectivity index (χ0) is 13.8. The number of amides is 2. The van der Waals surface area contributed by atoms with E-state index in [4.69, 9.17) is 5.73 Å². The van der Waals surface area contributed by atoms with Crippen LogP contribution < -0.4 is 16.4 Å². The van der Waals surface area contributed by atoms with Crippen LogP contribution in [-0.2, 0) is 0 Å². The predicted octanol–water partition coefficient (Wildman–Crippen LogP) is 0.392. The summed E-state index contributed by atoms with van der Waals surface area (Å²) in [6, 6.07) is 0. The molecule has 0 spiro atoms. The average Bonchev–Trinajstić information content (AvgIpc) is 2.38. The van der Waals surface area contributed by atoms with Crippen molar-refractivity contribution in [1.82, 2.24) is 15.5 Å². The Kier molecular flexibility index (Phi) is 11.4. The lowest BCUT2D eigenvalue weighted by atomic mass is 10.4. The van der Waals surface area contributed by atoms with Gasteiger partial charge in [0.2, 0.25) is 0 Å². The first-order valence-corrected chi connectivity index (χ1v) is 8.15. The number of hydrogen-bond acceptors (Lipinski definition) is 6. The van der Waals surface area contributed by atoms with E-state index in [0.29, 0.717) is 19.6 Å². The van der Waals surface area contributed by atoms with E-state index in [1.807, 2.05) is 0 Å². The highest BCUT2D eigenvalue weighted by Crippen LogP contribution is 1.94. The molecule has 2 amide bonds. The van der Waals surface area contributed by atoms with E-state index >= 15 is 0 Å². The van der Waals surface area contributed by atoms with E-state index in [2.05, 4.69) is 15.5 Å². The molecule has 4 N–H and O–H groups in total. The Morgan fingerprint density at radius 3 is 1.78 bits per heavy atom. The van der Waals surface area contributed by atoms with Gasteiger partial charge in [0, 0.05) is 39.3 Å². The minimum atomic E-state index is -0.0293. The molecule has 0 aromatic heterocycles. The average molecular weight is 294 g/mol. The Hall–Kier alpha value is -0.440. The normalized spacial score (nSPS) is 10.4. The quantitative estimate of drug-likeness (QED) is 0.600. The summed E-state index contributed by atoms with van der Waals surface area (Å²) in [6.45, 7) is 3.97. The summed E-state index contributed by atoms with van der Waals surface area (Å²) in [5, 5.41) is 5.50. The first-order valence-electron chi connectivity index (χ1n) is 5.70. The third-order valence-electron chi connectivity index (χ3n) is 2.21. The van der Waals surface area contributed by atoms with Crippen LogP contribution in [0.15, 0.2) is 0 Å². The molecular formula is C10H22N4O2S2. The fraction of sp³-hybridized carbons (Fsp3) is 0.800. The van der Waals surface area contributed by atoms with E-state index in [1.165, 1.54) is 0 Å². The number of nitrogens with zero attached hydrogens (tertiary/aromatic N) is 1. The van der Waals surface area contributed by atoms with Crippen molar-refractivity contribution in [3.8, 4) is 0 Å². The van der Waals surface area contributed by atoms with E-state index in [1.54, 1.807) is 12.5 Å². The van der Waals surface area contributed by atoms with Crippen molar-refractivity contribution in [2.75, 3.05) is 51.8 Å². The summed E-state index contributed by atoms with van der Waals surface area (Å²) < 4.78 is 0. The van der Waals surface area contributed by atoms with Crippen LogP contribution in [0.4, 0.5) is 9.59 Å². The summed E-state index contributed by atoms with van der Waals surface area (Å²) >= 11 is 2.32. The molecule has 0 bridgehead atoms. The van der Waals surface area contributed by atoms with Crippen molar-refractivity contribution in [3.63, 3.8) is 0 Å². The van der Waals surface area contributed by atoms with E-state index in [-0.39, 0.29) is 10.5 Å². The third-order valence-corrected chi connectivity index (χ3v) is 3.24. The van der Waals surface area contributed by atoms with Gasteiger partial charge in [0.05, 0.1) is 0 Å². The topological polar surface area (TPSA) is 87.5 Å². The molecule has 18 heavy (non-hydrogen) atoms. The van der Waals surface area contributed by atoms with E-state index < -0.39 is 0 Å². The molecular weight excluding hydrogens is 272 g/mol. The molecule has 0 aliphatic heterocycles. The molecule has 0 saturated carbocycles. The van der Waals surface area contributed by atoms with Crippen molar-refractivity contribution in [3.05, 3.63) is 0 Å². The van der Waals surface area contributed by atoms with Crippen molar-refractivity contribution in [1.29, 1.82) is 0 Å². The van der Waals surface area contributed by atoms with Crippen LogP contribution in [0.2, 0.25) is 0 Å². The molecule has 0 rings (SSSR count). The summed E-state index contributed by atoms with van der Waals surface area (Å²) in [5.74, 6) is 0. The minimum absolute atomic E-state index is 0.0293. The Balaban J connectivity index is 3.77. The molecule has 0 atom stereocenters. The Morgan fingerprint density at radius 2 is 1.44 bits per heavy atom. The van der Waals surface area contributed by atoms with Crippen LogP contribution in [0, 0.1) is 0 Å². The second-order valence-corrected chi connectivity index (χ2v) is 5.03. The number of nitrogens with two attached hydrogens (primary N) is 1. The molecule has 0 saturated heterocycles. The van der Waals surface area contributed by atoms with Gasteiger partial charge in [0.15, 0.2) is 0 Å². The molecule has 0 aromatic carbocycles. The van der Waals surface area contributed by atoms with Gasteiger partial charge >= 0.3 is 0 Å². The van der Waals surface area contributed by atoms with Crippen molar-refractivity contribution in [2.45, 2.75) is 0 Å². The molecule has 0 fully saturated rings. The molecule has 8 heteroatoms. The fourth-order valence-electron chi connectivity index (χ4n) is 1.29. The van der Waals surface area contributed by atoms with Crippen LogP contribution in [0.1, 0.15) is 0 Å². The Morgan fingerprint density at radius 1 is 1.00 bits per heavy atom. The van der Waals surface area contributed by atoms with Crippen LogP contribution in [-0.4, -0.2) is 67.2 Å². The number of carbonyl (C=O) groups is 2. The van der Waals surface area contributed by atoms with Gasteiger partial charge in [0.1, 0.15) is 0 Å². The van der Waals surface area contributed by atoms with Gasteiger partial charge in [-0.15, -0.1) is 0 Å². The first-order chi connectivity index (χ1) is 8.63. The maximum atomic E-state index is 11.0. The molecule has 0 aromatic rings. The maximum Gasteiger partial charge on any atom is 0.278 e. The number of hydrogen-bond donors (Lipinski definition) is 3. The highest BCUT2D eigenvalue weighted by atomic mass is 32.2. The molecule has 0 aliphatic rings. The zero-order valence-corrected chi connectivity index (χ0v) is 12.5. The molecule has 6 nitrogen and oxygen atoms in total. The molecule has 0 heterocycles. The molecule has 0 radical (unpaired) electrons. The van der Waals surface area contributed by atoms with Gasteiger partial charge < -0.3 is 16.4 Å². The van der Waals surface area contributed by atoms with Gasteiger partial charge in [-0.25, -0.2) is 0 Å². The maximum absolute atomic E-state index is 11.0. The number of carbonyl (C=O) groups excluding carboxylic acids is 2. The van der Waals surface area contributed by atoms with E-state index in [9.17, 15) is 9.59 Å². The minimum Gasteiger partial charge on any atom is -0.346 e. The highest BCUT2D eigenvalue weighted by Gasteiger charge is 2.05. The Bertz CT molecular complexity index is 232. The highest BCUT2D eigenvalue weighted by molar-refractivity contribution is 8.13. The standard InChI is InChI=1S/C10H22N4O2S2/c1-17-9(15)12-4-7-14(6-3-11)8-5-13-10(16)18-2/h3-8,11H2,1-2H3,(H,12,15)(H,13,16). The molecule has 0 aliphatic carbocycles. The number of thioether (sulfide) groups is 2. The number of rotatable bonds is 8. The summed E-state index contributed by atoms with van der Waals surface area (Å²) in [6.07, 6.45) is 3.48. The van der Waals surface area contributed by atoms with Crippen molar-refractivity contribution >= 4 is 34.0 Å². The largest absolute Gasteiger partial charge is 0.346 e. The summed E-state index contributed by atoms with van der Waals surface area (Å²) in [5.41, 5.74) is 5.52. The van der Waals surface area contributed by atoms with Gasteiger partial charge in [-0.1, -0.05) is 23.5 Å². The van der Waals surface area contributed by atoms with Crippen LogP contribution >= 0.6 is 23.5 Å². The van der Waals surface area contributed by atoms with Gasteiger partial charge in [0.25, 0.3) is 10.5 Å². The second kappa shape index (κ2) is 11.6. The monoisotopic (exact) mass is 294 g/mol. The smallest absolute Gasteiger partial charge is 0.278 e. The lowest BCUT2D eigenvalue weighted by Crippen LogP contribution is -2.40. The second-order valence-electron chi connectivity index (χ2n) is 3.47. The SMILES string of the molecule is CSC(=O)NCCN(CCN)CCNC(=O)SC. The fourth-order valence-corrected chi connectivity index (χ4v) is 1.79. The van der Waals surface area contributed by atoms with E-state index in [0.717, 1.165) is 43.2 Å². The third kappa shape index (κ3) is 9.58. The summed E-state index contributed by atoms with van der Waals surface area (Å²) in [7, 11) is 0. The predicted molar refractivity (Wildman–Crippen MR) is 79.3 cm³/mol. The lowest BCUT2D eigenvalue weighted by molar-refractivity contribution is 0.250. The van der Waals surface area contributed by atoms with Crippen LogP contribution in [0.5, 0.6) is 0 Å². The van der Waals surface area contributed by atoms with Crippen LogP contribution in [0.25, 0.3) is 0 Å².